The Kier molecular flexibility index (Phi) is 3.79. The number of aryl methyl sites for hydroxylation is 2. The first-order chi connectivity index (χ1) is 9.87. The lowest BCUT2D eigenvalue weighted by atomic mass is 9.97. The highest BCUT2D eigenvalue weighted by Gasteiger charge is 2.20. The van der Waals surface area contributed by atoms with Gasteiger partial charge in [0.05, 0.1) is 11.1 Å². The molecule has 0 bridgehead atoms. The molecule has 2 aromatic heterocycles. The summed E-state index contributed by atoms with van der Waals surface area (Å²) >= 11 is 6.82. The molecule has 114 valence electrons. The van der Waals surface area contributed by atoms with Gasteiger partial charge in [0.15, 0.2) is 4.77 Å². The zero-order chi connectivity index (χ0) is 15.2. The van der Waals surface area contributed by atoms with E-state index in [4.69, 9.17) is 12.2 Å². The SMILES string of the molecule is CS(=O)(=O)CCn1c(=S)[nH]c2sc3c(c2c1=O)CCCC3. The van der Waals surface area contributed by atoms with Crippen LogP contribution in [0.5, 0.6) is 0 Å². The van der Waals surface area contributed by atoms with Crippen molar-refractivity contribution in [2.45, 2.75) is 32.2 Å². The molecule has 0 aliphatic heterocycles. The number of hydrogen-bond acceptors (Lipinski definition) is 5. The molecule has 3 rings (SSSR count). The van der Waals surface area contributed by atoms with Gasteiger partial charge in [-0.15, -0.1) is 11.3 Å². The molecule has 21 heavy (non-hydrogen) atoms. The monoisotopic (exact) mass is 344 g/mol. The average Bonchev–Trinajstić information content (AvgIpc) is 2.74. The van der Waals surface area contributed by atoms with Gasteiger partial charge in [-0.3, -0.25) is 9.36 Å². The molecular formula is C13H16N2O3S3. The lowest BCUT2D eigenvalue weighted by Crippen LogP contribution is -2.25. The molecule has 0 aromatic carbocycles. The maximum atomic E-state index is 12.7. The van der Waals surface area contributed by atoms with Crippen molar-refractivity contribution >= 4 is 43.6 Å². The van der Waals surface area contributed by atoms with E-state index in [0.29, 0.717) is 10.2 Å². The number of rotatable bonds is 3. The molecule has 8 heteroatoms. The molecule has 0 saturated carbocycles. The van der Waals surface area contributed by atoms with Crippen molar-refractivity contribution in [1.82, 2.24) is 9.55 Å². The predicted octanol–water partition coefficient (Wildman–Crippen LogP) is 2.04. The number of nitrogens with zero attached hydrogens (tertiary/aromatic N) is 1. The first-order valence-electron chi connectivity index (χ1n) is 6.82. The van der Waals surface area contributed by atoms with E-state index in [9.17, 15) is 13.2 Å². The third kappa shape index (κ3) is 2.84. The standard InChI is InChI=1S/C13H16N2O3S3/c1-21(17,18)7-6-15-12(16)10-8-4-2-3-5-9(8)20-11(10)14-13(15)19/h2-7H2,1H3,(H,14,19). The van der Waals surface area contributed by atoms with E-state index in [1.54, 1.807) is 11.3 Å². The topological polar surface area (TPSA) is 71.9 Å². The first kappa shape index (κ1) is 14.9. The Labute approximate surface area is 131 Å². The quantitative estimate of drug-likeness (QED) is 0.865. The van der Waals surface area contributed by atoms with E-state index in [0.717, 1.165) is 42.3 Å². The molecule has 1 aliphatic carbocycles. The fourth-order valence-electron chi connectivity index (χ4n) is 2.73. The van der Waals surface area contributed by atoms with E-state index >= 15 is 0 Å². The number of fused-ring (bicyclic) bond motifs is 3. The Morgan fingerprint density at radius 3 is 2.76 bits per heavy atom. The summed E-state index contributed by atoms with van der Waals surface area (Å²) in [6.45, 7) is 0.105. The van der Waals surface area contributed by atoms with Gasteiger partial charge in [0, 0.05) is 17.7 Å². The number of sulfone groups is 1. The van der Waals surface area contributed by atoms with Gasteiger partial charge < -0.3 is 4.98 Å². The second-order valence-corrected chi connectivity index (χ2v) is 9.18. The molecule has 0 amide bonds. The number of hydrogen-bond donors (Lipinski definition) is 1. The fourth-order valence-corrected chi connectivity index (χ4v) is 4.87. The molecule has 2 heterocycles. The lowest BCUT2D eigenvalue weighted by Gasteiger charge is -2.10. The van der Waals surface area contributed by atoms with Crippen LogP contribution >= 0.6 is 23.6 Å². The first-order valence-corrected chi connectivity index (χ1v) is 10.1. The number of thiophene rings is 1. The van der Waals surface area contributed by atoms with Crippen molar-refractivity contribution in [2.75, 3.05) is 12.0 Å². The second kappa shape index (κ2) is 5.33. The summed E-state index contributed by atoms with van der Waals surface area (Å²) < 4.78 is 24.3. The molecule has 0 spiro atoms. The predicted molar refractivity (Wildman–Crippen MR) is 87.6 cm³/mol. The Morgan fingerprint density at radius 2 is 2.05 bits per heavy atom. The van der Waals surface area contributed by atoms with E-state index in [2.05, 4.69) is 4.98 Å². The van der Waals surface area contributed by atoms with Crippen molar-refractivity contribution in [2.24, 2.45) is 0 Å². The number of aromatic nitrogens is 2. The molecule has 1 N–H and O–H groups in total. The van der Waals surface area contributed by atoms with E-state index in [-0.39, 0.29) is 17.9 Å². The Morgan fingerprint density at radius 1 is 1.33 bits per heavy atom. The van der Waals surface area contributed by atoms with Crippen molar-refractivity contribution in [3.05, 3.63) is 25.6 Å². The minimum Gasteiger partial charge on any atom is -0.323 e. The highest BCUT2D eigenvalue weighted by atomic mass is 32.2. The van der Waals surface area contributed by atoms with Gasteiger partial charge in [-0.1, -0.05) is 0 Å². The van der Waals surface area contributed by atoms with Crippen molar-refractivity contribution in [3.63, 3.8) is 0 Å². The lowest BCUT2D eigenvalue weighted by molar-refractivity contribution is 0.591. The zero-order valence-corrected chi connectivity index (χ0v) is 14.1. The summed E-state index contributed by atoms with van der Waals surface area (Å²) in [7, 11) is -3.13. The van der Waals surface area contributed by atoms with Gasteiger partial charge in [0.25, 0.3) is 5.56 Å². The van der Waals surface area contributed by atoms with E-state index < -0.39 is 9.84 Å². The van der Waals surface area contributed by atoms with Crippen LogP contribution in [0, 0.1) is 4.77 Å². The Balaban J connectivity index is 2.18. The summed E-state index contributed by atoms with van der Waals surface area (Å²) in [6, 6.07) is 0. The van der Waals surface area contributed by atoms with Crippen LogP contribution in [0.2, 0.25) is 0 Å². The van der Waals surface area contributed by atoms with E-state index in [1.165, 1.54) is 9.44 Å². The maximum Gasteiger partial charge on any atom is 0.263 e. The smallest absolute Gasteiger partial charge is 0.263 e. The Bertz CT molecular complexity index is 919. The van der Waals surface area contributed by atoms with Gasteiger partial charge in [0.2, 0.25) is 0 Å². The molecule has 5 nitrogen and oxygen atoms in total. The molecule has 0 radical (unpaired) electrons. The summed E-state index contributed by atoms with van der Waals surface area (Å²) in [5, 5.41) is 0.705. The molecule has 2 aromatic rings. The van der Waals surface area contributed by atoms with Crippen LogP contribution in [0.3, 0.4) is 0 Å². The molecule has 0 fully saturated rings. The highest BCUT2D eigenvalue weighted by Crippen LogP contribution is 2.33. The third-order valence-corrected chi connectivity index (χ3v) is 6.24. The van der Waals surface area contributed by atoms with E-state index in [1.807, 2.05) is 0 Å². The Hall–Kier alpha value is -0.990. The molecule has 0 saturated heterocycles. The van der Waals surface area contributed by atoms with Gasteiger partial charge in [-0.2, -0.15) is 0 Å². The van der Waals surface area contributed by atoms with Crippen molar-refractivity contribution in [1.29, 1.82) is 0 Å². The van der Waals surface area contributed by atoms with Crippen LogP contribution in [-0.2, 0) is 29.2 Å². The average molecular weight is 344 g/mol. The normalized spacial score (nSPS) is 15.3. The number of H-pyrrole nitrogens is 1. The summed E-state index contributed by atoms with van der Waals surface area (Å²) in [4.78, 5) is 17.9. The summed E-state index contributed by atoms with van der Waals surface area (Å²) in [5.41, 5.74) is 0.974. The highest BCUT2D eigenvalue weighted by molar-refractivity contribution is 7.90. The van der Waals surface area contributed by atoms with Crippen LogP contribution in [0.15, 0.2) is 4.79 Å². The van der Waals surface area contributed by atoms with Crippen molar-refractivity contribution < 1.29 is 8.42 Å². The molecular weight excluding hydrogens is 328 g/mol. The van der Waals surface area contributed by atoms with Crippen LogP contribution < -0.4 is 5.56 Å². The minimum absolute atomic E-state index is 0.0811. The van der Waals surface area contributed by atoms with Crippen LogP contribution in [0.4, 0.5) is 0 Å². The number of nitrogens with one attached hydrogen (secondary N) is 1. The maximum absolute atomic E-state index is 12.7. The van der Waals surface area contributed by atoms with Crippen LogP contribution in [0.25, 0.3) is 10.2 Å². The largest absolute Gasteiger partial charge is 0.323 e. The van der Waals surface area contributed by atoms with Crippen LogP contribution in [0.1, 0.15) is 23.3 Å². The fraction of sp³-hybridized carbons (Fsp3) is 0.538. The minimum atomic E-state index is -3.13. The summed E-state index contributed by atoms with van der Waals surface area (Å²) in [6.07, 6.45) is 5.34. The third-order valence-electron chi connectivity index (χ3n) is 3.78. The molecule has 0 unspecified atom stereocenters. The molecule has 1 aliphatic rings. The van der Waals surface area contributed by atoms with Gasteiger partial charge in [-0.25, -0.2) is 8.42 Å². The number of aromatic amines is 1. The molecule has 0 atom stereocenters. The van der Waals surface area contributed by atoms with Crippen molar-refractivity contribution in [3.8, 4) is 0 Å². The van der Waals surface area contributed by atoms with Gasteiger partial charge in [-0.05, 0) is 43.5 Å². The zero-order valence-electron chi connectivity index (χ0n) is 11.6. The van der Waals surface area contributed by atoms with Gasteiger partial charge in [0.1, 0.15) is 14.7 Å². The second-order valence-electron chi connectivity index (χ2n) is 5.43. The van der Waals surface area contributed by atoms with Gasteiger partial charge >= 0.3 is 0 Å². The summed E-state index contributed by atoms with van der Waals surface area (Å²) in [5.74, 6) is -0.0811. The van der Waals surface area contributed by atoms with Crippen LogP contribution in [-0.4, -0.2) is 30.0 Å².